The summed E-state index contributed by atoms with van der Waals surface area (Å²) < 4.78 is 30.4. The van der Waals surface area contributed by atoms with Crippen molar-refractivity contribution in [1.29, 1.82) is 0 Å². The molecule has 29 heavy (non-hydrogen) atoms. The van der Waals surface area contributed by atoms with Gasteiger partial charge in [0.2, 0.25) is 5.88 Å². The summed E-state index contributed by atoms with van der Waals surface area (Å²) >= 11 is 0. The van der Waals surface area contributed by atoms with Crippen molar-refractivity contribution < 1.29 is 18.6 Å². The summed E-state index contributed by atoms with van der Waals surface area (Å²) in [7, 11) is 0. The van der Waals surface area contributed by atoms with Crippen LogP contribution in [0.3, 0.4) is 0 Å². The topological polar surface area (TPSA) is 66.6 Å². The Balaban J connectivity index is 1.41. The Hall–Kier alpha value is -3.64. The van der Waals surface area contributed by atoms with Crippen LogP contribution in [0.4, 0.5) is 10.1 Å². The number of nitrogens with two attached hydrogens (primary N) is 1. The van der Waals surface area contributed by atoms with Crippen LogP contribution < -0.4 is 15.2 Å². The van der Waals surface area contributed by atoms with E-state index in [1.54, 1.807) is 18.2 Å². The summed E-state index contributed by atoms with van der Waals surface area (Å²) in [4.78, 5) is 4.46. The van der Waals surface area contributed by atoms with Gasteiger partial charge in [-0.1, -0.05) is 30.3 Å². The summed E-state index contributed by atoms with van der Waals surface area (Å²) in [5.41, 5.74) is 7.33. The number of benzene rings is 3. The lowest BCUT2D eigenvalue weighted by atomic mass is 10.2. The molecule has 0 amide bonds. The molecule has 1 aromatic heterocycles. The number of nitrogen functional groups attached to an aromatic ring is 1. The van der Waals surface area contributed by atoms with Crippen molar-refractivity contribution in [3.63, 3.8) is 0 Å². The number of fused-ring (bicyclic) bond motifs is 1. The SMILES string of the molecule is Nc1ccc(Oc2ccc3ccc(OCOCc4ccccc4)cc3n2)cc1F. The number of pyridine rings is 1. The molecule has 3 aromatic carbocycles. The Bertz CT molecular complexity index is 1120. The van der Waals surface area contributed by atoms with Crippen LogP contribution in [0.2, 0.25) is 0 Å². The van der Waals surface area contributed by atoms with E-state index in [-0.39, 0.29) is 12.5 Å². The maximum Gasteiger partial charge on any atom is 0.219 e. The average molecular weight is 390 g/mol. The molecule has 2 N–H and O–H groups in total. The number of anilines is 1. The number of rotatable bonds is 7. The Labute approximate surface area is 167 Å². The molecule has 0 saturated heterocycles. The zero-order valence-corrected chi connectivity index (χ0v) is 15.5. The van der Waals surface area contributed by atoms with Crippen LogP contribution in [0.15, 0.2) is 78.9 Å². The predicted octanol–water partition coefficient (Wildman–Crippen LogP) is 5.30. The molecule has 0 aliphatic carbocycles. The van der Waals surface area contributed by atoms with Crippen molar-refractivity contribution in [1.82, 2.24) is 4.98 Å². The third kappa shape index (κ3) is 4.80. The fourth-order valence-corrected chi connectivity index (χ4v) is 2.76. The molecule has 4 aromatic rings. The zero-order chi connectivity index (χ0) is 20.1. The van der Waals surface area contributed by atoms with Crippen molar-refractivity contribution in [2.75, 3.05) is 12.5 Å². The highest BCUT2D eigenvalue weighted by Gasteiger charge is 2.06. The lowest BCUT2D eigenvalue weighted by molar-refractivity contribution is 0.00512. The summed E-state index contributed by atoms with van der Waals surface area (Å²) in [5.74, 6) is 0.771. The number of halogens is 1. The first-order valence-corrected chi connectivity index (χ1v) is 9.05. The van der Waals surface area contributed by atoms with E-state index in [4.69, 9.17) is 19.9 Å². The van der Waals surface area contributed by atoms with Gasteiger partial charge < -0.3 is 19.9 Å². The van der Waals surface area contributed by atoms with Crippen molar-refractivity contribution in [3.8, 4) is 17.4 Å². The minimum atomic E-state index is -0.533. The van der Waals surface area contributed by atoms with E-state index < -0.39 is 5.82 Å². The van der Waals surface area contributed by atoms with Gasteiger partial charge in [-0.25, -0.2) is 9.37 Å². The first-order valence-electron chi connectivity index (χ1n) is 9.05. The van der Waals surface area contributed by atoms with Crippen LogP contribution >= 0.6 is 0 Å². The molecule has 0 spiro atoms. The van der Waals surface area contributed by atoms with Gasteiger partial charge in [-0.2, -0.15) is 0 Å². The molecular formula is C23H19FN2O3. The van der Waals surface area contributed by atoms with Crippen molar-refractivity contribution in [2.24, 2.45) is 0 Å². The Morgan fingerprint density at radius 1 is 0.862 bits per heavy atom. The standard InChI is InChI=1S/C23H19FN2O3/c24-20-12-19(9-10-21(20)25)29-23-11-7-17-6-8-18(13-22(17)26-23)28-15-27-14-16-4-2-1-3-5-16/h1-13H,14-15,25H2. The Morgan fingerprint density at radius 2 is 1.66 bits per heavy atom. The molecule has 0 atom stereocenters. The third-order valence-electron chi connectivity index (χ3n) is 4.25. The second-order valence-corrected chi connectivity index (χ2v) is 6.39. The first-order chi connectivity index (χ1) is 14.2. The second kappa shape index (κ2) is 8.58. The number of ether oxygens (including phenoxy) is 3. The van der Waals surface area contributed by atoms with Gasteiger partial charge in [-0.15, -0.1) is 0 Å². The van der Waals surface area contributed by atoms with Gasteiger partial charge in [-0.05, 0) is 35.9 Å². The van der Waals surface area contributed by atoms with E-state index in [2.05, 4.69) is 4.98 Å². The van der Waals surface area contributed by atoms with Gasteiger partial charge in [0.1, 0.15) is 17.3 Å². The highest BCUT2D eigenvalue weighted by atomic mass is 19.1. The third-order valence-corrected chi connectivity index (χ3v) is 4.25. The maximum absolute atomic E-state index is 13.6. The van der Waals surface area contributed by atoms with Crippen LogP contribution in [0.1, 0.15) is 5.56 Å². The predicted molar refractivity (Wildman–Crippen MR) is 109 cm³/mol. The smallest absolute Gasteiger partial charge is 0.219 e. The molecule has 0 aliphatic rings. The van der Waals surface area contributed by atoms with Gasteiger partial charge in [0.15, 0.2) is 6.79 Å². The second-order valence-electron chi connectivity index (χ2n) is 6.39. The van der Waals surface area contributed by atoms with E-state index in [9.17, 15) is 4.39 Å². The molecule has 5 nitrogen and oxygen atoms in total. The monoisotopic (exact) mass is 390 g/mol. The molecule has 0 bridgehead atoms. The maximum atomic E-state index is 13.6. The van der Waals surface area contributed by atoms with Gasteiger partial charge in [0, 0.05) is 23.6 Å². The van der Waals surface area contributed by atoms with E-state index in [0.717, 1.165) is 10.9 Å². The lowest BCUT2D eigenvalue weighted by Crippen LogP contribution is -2.03. The quantitative estimate of drug-likeness (QED) is 0.263. The molecule has 4 rings (SSSR count). The fraction of sp³-hybridized carbons (Fsp3) is 0.0870. The van der Waals surface area contributed by atoms with E-state index in [0.29, 0.717) is 29.5 Å². The van der Waals surface area contributed by atoms with Gasteiger partial charge in [0.25, 0.3) is 0 Å². The molecule has 0 fully saturated rings. The van der Waals surface area contributed by atoms with Gasteiger partial charge in [-0.3, -0.25) is 0 Å². The molecular weight excluding hydrogens is 371 g/mol. The molecule has 0 radical (unpaired) electrons. The summed E-state index contributed by atoms with van der Waals surface area (Å²) in [6.07, 6.45) is 0. The van der Waals surface area contributed by atoms with Gasteiger partial charge >= 0.3 is 0 Å². The largest absolute Gasteiger partial charge is 0.467 e. The van der Waals surface area contributed by atoms with Crippen LogP contribution in [0, 0.1) is 5.82 Å². The molecule has 0 unspecified atom stereocenters. The number of hydrogen-bond donors (Lipinski definition) is 1. The van der Waals surface area contributed by atoms with Gasteiger partial charge in [0.05, 0.1) is 17.8 Å². The fourth-order valence-electron chi connectivity index (χ4n) is 2.76. The molecule has 0 saturated carbocycles. The average Bonchev–Trinajstić information content (AvgIpc) is 2.74. The van der Waals surface area contributed by atoms with Crippen molar-refractivity contribution in [3.05, 3.63) is 90.2 Å². The Morgan fingerprint density at radius 3 is 2.48 bits per heavy atom. The van der Waals surface area contributed by atoms with Crippen molar-refractivity contribution in [2.45, 2.75) is 6.61 Å². The highest BCUT2D eigenvalue weighted by Crippen LogP contribution is 2.26. The Kier molecular flexibility index (Phi) is 5.54. The number of aromatic nitrogens is 1. The van der Waals surface area contributed by atoms with Crippen LogP contribution in [0.5, 0.6) is 17.4 Å². The summed E-state index contributed by atoms with van der Waals surface area (Å²) in [5, 5.41) is 0.929. The minimum Gasteiger partial charge on any atom is -0.467 e. The minimum absolute atomic E-state index is 0.0695. The lowest BCUT2D eigenvalue weighted by Gasteiger charge is -2.09. The molecule has 1 heterocycles. The molecule has 0 aliphatic heterocycles. The molecule has 146 valence electrons. The van der Waals surface area contributed by atoms with Crippen LogP contribution in [-0.2, 0) is 11.3 Å². The van der Waals surface area contributed by atoms with E-state index in [1.165, 1.54) is 12.1 Å². The normalized spacial score (nSPS) is 10.8. The van der Waals surface area contributed by atoms with E-state index in [1.807, 2.05) is 48.5 Å². The van der Waals surface area contributed by atoms with Crippen LogP contribution in [0.25, 0.3) is 10.9 Å². The number of hydrogen-bond acceptors (Lipinski definition) is 5. The summed E-state index contributed by atoms with van der Waals surface area (Å²) in [6.45, 7) is 0.601. The summed E-state index contributed by atoms with van der Waals surface area (Å²) in [6, 6.07) is 23.3. The first kappa shape index (κ1) is 18.7. The van der Waals surface area contributed by atoms with Crippen LogP contribution in [-0.4, -0.2) is 11.8 Å². The molecule has 6 heteroatoms. The highest BCUT2D eigenvalue weighted by molar-refractivity contribution is 5.80. The number of nitrogens with zero attached hydrogens (tertiary/aromatic N) is 1. The van der Waals surface area contributed by atoms with E-state index >= 15 is 0 Å². The zero-order valence-electron chi connectivity index (χ0n) is 15.5. The van der Waals surface area contributed by atoms with Crippen molar-refractivity contribution >= 4 is 16.6 Å².